The number of alkyl halides is 3. The summed E-state index contributed by atoms with van der Waals surface area (Å²) in [6.07, 6.45) is -2.79. The van der Waals surface area contributed by atoms with Crippen molar-refractivity contribution >= 4 is 11.7 Å². The van der Waals surface area contributed by atoms with E-state index < -0.39 is 12.7 Å². The molecule has 0 radical (unpaired) electrons. The van der Waals surface area contributed by atoms with E-state index in [0.29, 0.717) is 0 Å². The summed E-state index contributed by atoms with van der Waals surface area (Å²) in [5.41, 5.74) is 5.48. The maximum absolute atomic E-state index is 12.5. The van der Waals surface area contributed by atoms with Gasteiger partial charge in [-0.2, -0.15) is 13.2 Å². The van der Waals surface area contributed by atoms with Crippen LogP contribution in [0.1, 0.15) is 18.5 Å². The number of hydrogen-bond acceptors (Lipinski definition) is 3. The Bertz CT molecular complexity index is 454. The molecule has 3 N–H and O–H groups in total. The van der Waals surface area contributed by atoms with Gasteiger partial charge >= 0.3 is 6.18 Å². The molecular formula is C11H13F3N4. The van der Waals surface area contributed by atoms with Gasteiger partial charge in [-0.25, -0.2) is 4.98 Å². The van der Waals surface area contributed by atoms with E-state index in [1.54, 1.807) is 6.07 Å². The topological polar surface area (TPSA) is 66.0 Å². The highest BCUT2D eigenvalue weighted by Crippen LogP contribution is 2.33. The Kier molecular flexibility index (Phi) is 3.14. The van der Waals surface area contributed by atoms with Crippen LogP contribution in [0.2, 0.25) is 0 Å². The first-order chi connectivity index (χ1) is 8.37. The second-order valence-corrected chi connectivity index (χ2v) is 4.27. The van der Waals surface area contributed by atoms with Crippen LogP contribution in [0.25, 0.3) is 0 Å². The van der Waals surface area contributed by atoms with Crippen molar-refractivity contribution in [3.05, 3.63) is 23.9 Å². The van der Waals surface area contributed by atoms with E-state index in [1.807, 2.05) is 0 Å². The maximum atomic E-state index is 12.5. The van der Waals surface area contributed by atoms with Crippen molar-refractivity contribution in [1.82, 2.24) is 4.98 Å². The van der Waals surface area contributed by atoms with Gasteiger partial charge in [-0.05, 0) is 25.0 Å². The average molecular weight is 258 g/mol. The largest absolute Gasteiger partial charge is 0.405 e. The van der Waals surface area contributed by atoms with Gasteiger partial charge in [-0.1, -0.05) is 6.07 Å². The van der Waals surface area contributed by atoms with E-state index in [9.17, 15) is 13.2 Å². The summed E-state index contributed by atoms with van der Waals surface area (Å²) in [4.78, 5) is 5.22. The minimum atomic E-state index is -4.27. The minimum Gasteiger partial charge on any atom is -0.382 e. The van der Waals surface area contributed by atoms with Crippen molar-refractivity contribution in [2.75, 3.05) is 11.4 Å². The van der Waals surface area contributed by atoms with E-state index in [0.717, 1.165) is 12.8 Å². The summed E-state index contributed by atoms with van der Waals surface area (Å²) in [6.45, 7) is -1.02. The molecule has 1 heterocycles. The van der Waals surface area contributed by atoms with E-state index in [4.69, 9.17) is 11.1 Å². The van der Waals surface area contributed by atoms with Crippen LogP contribution < -0.4 is 10.6 Å². The number of halogens is 3. The highest BCUT2D eigenvalue weighted by molar-refractivity contribution is 5.93. The third-order valence-corrected chi connectivity index (χ3v) is 2.64. The summed E-state index contributed by atoms with van der Waals surface area (Å²) < 4.78 is 37.5. The molecule has 1 aliphatic rings. The Hall–Kier alpha value is -1.79. The second-order valence-electron chi connectivity index (χ2n) is 4.27. The fraction of sp³-hybridized carbons (Fsp3) is 0.455. The molecule has 1 fully saturated rings. The lowest BCUT2D eigenvalue weighted by Gasteiger charge is -2.25. The lowest BCUT2D eigenvalue weighted by molar-refractivity contribution is -0.120. The molecule has 0 aliphatic heterocycles. The SMILES string of the molecule is N=C(N)c1cccc(N(CC(F)(F)F)C2CC2)n1. The summed E-state index contributed by atoms with van der Waals surface area (Å²) in [6, 6.07) is 4.47. The average Bonchev–Trinajstić information content (AvgIpc) is 3.08. The Morgan fingerprint density at radius 3 is 2.61 bits per heavy atom. The first kappa shape index (κ1) is 12.7. The molecule has 1 aromatic rings. The predicted octanol–water partition coefficient (Wildman–Crippen LogP) is 1.90. The molecule has 18 heavy (non-hydrogen) atoms. The van der Waals surface area contributed by atoms with Gasteiger partial charge < -0.3 is 10.6 Å². The lowest BCUT2D eigenvalue weighted by Crippen LogP contribution is -2.36. The maximum Gasteiger partial charge on any atom is 0.405 e. The van der Waals surface area contributed by atoms with Crippen molar-refractivity contribution in [3.63, 3.8) is 0 Å². The van der Waals surface area contributed by atoms with Crippen LogP contribution >= 0.6 is 0 Å². The number of nitrogen functional groups attached to an aromatic ring is 1. The number of pyridine rings is 1. The molecule has 0 aromatic carbocycles. The van der Waals surface area contributed by atoms with Crippen LogP contribution in [0.5, 0.6) is 0 Å². The van der Waals surface area contributed by atoms with Gasteiger partial charge in [0.25, 0.3) is 0 Å². The summed E-state index contributed by atoms with van der Waals surface area (Å²) >= 11 is 0. The van der Waals surface area contributed by atoms with Crippen molar-refractivity contribution in [2.45, 2.75) is 25.1 Å². The lowest BCUT2D eigenvalue weighted by atomic mass is 10.3. The van der Waals surface area contributed by atoms with Gasteiger partial charge in [0.1, 0.15) is 23.9 Å². The molecular weight excluding hydrogens is 245 g/mol. The molecule has 1 saturated carbocycles. The van der Waals surface area contributed by atoms with E-state index in [-0.39, 0.29) is 23.4 Å². The molecule has 0 spiro atoms. The quantitative estimate of drug-likeness (QED) is 0.640. The van der Waals surface area contributed by atoms with E-state index >= 15 is 0 Å². The molecule has 0 atom stereocenters. The highest BCUT2D eigenvalue weighted by Gasteiger charge is 2.38. The molecule has 0 unspecified atom stereocenters. The van der Waals surface area contributed by atoms with E-state index in [2.05, 4.69) is 4.98 Å². The van der Waals surface area contributed by atoms with Gasteiger partial charge in [0.2, 0.25) is 0 Å². The van der Waals surface area contributed by atoms with Gasteiger partial charge in [0.05, 0.1) is 0 Å². The first-order valence-corrected chi connectivity index (χ1v) is 5.51. The van der Waals surface area contributed by atoms with E-state index in [1.165, 1.54) is 17.0 Å². The molecule has 0 saturated heterocycles. The molecule has 0 bridgehead atoms. The minimum absolute atomic E-state index is 0.110. The molecule has 98 valence electrons. The zero-order valence-corrected chi connectivity index (χ0v) is 9.54. The Balaban J connectivity index is 2.25. The van der Waals surface area contributed by atoms with Crippen molar-refractivity contribution in [3.8, 4) is 0 Å². The van der Waals surface area contributed by atoms with Crippen molar-refractivity contribution in [2.24, 2.45) is 5.73 Å². The number of anilines is 1. The number of aromatic nitrogens is 1. The normalized spacial score (nSPS) is 15.5. The molecule has 4 nitrogen and oxygen atoms in total. The fourth-order valence-electron chi connectivity index (χ4n) is 1.71. The molecule has 1 aliphatic carbocycles. The number of amidine groups is 1. The summed E-state index contributed by atoms with van der Waals surface area (Å²) in [5, 5.41) is 7.25. The fourth-order valence-corrected chi connectivity index (χ4v) is 1.71. The molecule has 0 amide bonds. The zero-order chi connectivity index (χ0) is 13.3. The van der Waals surface area contributed by atoms with Gasteiger partial charge in [-0.3, -0.25) is 5.41 Å². The summed E-state index contributed by atoms with van der Waals surface area (Å²) in [7, 11) is 0. The van der Waals surface area contributed by atoms with Crippen LogP contribution in [-0.4, -0.2) is 29.6 Å². The first-order valence-electron chi connectivity index (χ1n) is 5.51. The third-order valence-electron chi connectivity index (χ3n) is 2.64. The number of nitrogens with two attached hydrogens (primary N) is 1. The Morgan fingerprint density at radius 2 is 2.11 bits per heavy atom. The predicted molar refractivity (Wildman–Crippen MR) is 61.7 cm³/mol. The summed E-state index contributed by atoms with van der Waals surface area (Å²) in [5.74, 6) is -0.0258. The molecule has 2 rings (SSSR count). The van der Waals surface area contributed by atoms with Crippen LogP contribution in [-0.2, 0) is 0 Å². The number of hydrogen-bond donors (Lipinski definition) is 2. The van der Waals surface area contributed by atoms with Crippen molar-refractivity contribution in [1.29, 1.82) is 5.41 Å². The molecule has 1 aromatic heterocycles. The van der Waals surface area contributed by atoms with Crippen LogP contribution in [0.4, 0.5) is 19.0 Å². The Morgan fingerprint density at radius 1 is 1.44 bits per heavy atom. The monoisotopic (exact) mass is 258 g/mol. The van der Waals surface area contributed by atoms with Gasteiger partial charge in [0, 0.05) is 6.04 Å². The van der Waals surface area contributed by atoms with Crippen LogP contribution in [0, 0.1) is 5.41 Å². The van der Waals surface area contributed by atoms with Gasteiger partial charge in [0.15, 0.2) is 0 Å². The third kappa shape index (κ3) is 3.12. The van der Waals surface area contributed by atoms with Crippen molar-refractivity contribution < 1.29 is 13.2 Å². The highest BCUT2D eigenvalue weighted by atomic mass is 19.4. The second kappa shape index (κ2) is 4.47. The molecule has 7 heteroatoms. The smallest absolute Gasteiger partial charge is 0.382 e. The van der Waals surface area contributed by atoms with Crippen LogP contribution in [0.3, 0.4) is 0 Å². The Labute approximate surface area is 102 Å². The van der Waals surface area contributed by atoms with Crippen LogP contribution in [0.15, 0.2) is 18.2 Å². The zero-order valence-electron chi connectivity index (χ0n) is 9.54. The number of nitrogens with one attached hydrogen (secondary N) is 1. The standard InChI is InChI=1S/C11H13F3N4/c12-11(13,14)6-18(7-4-5-7)9-3-1-2-8(17-9)10(15)16/h1-3,7H,4-6H2,(H3,15,16). The van der Waals surface area contributed by atoms with Gasteiger partial charge in [-0.15, -0.1) is 0 Å². The number of nitrogens with zero attached hydrogens (tertiary/aromatic N) is 2. The number of rotatable bonds is 4.